The van der Waals surface area contributed by atoms with E-state index in [1.54, 1.807) is 0 Å². The van der Waals surface area contributed by atoms with Crippen LogP contribution in [0.2, 0.25) is 0 Å². The van der Waals surface area contributed by atoms with E-state index in [0.29, 0.717) is 12.3 Å². The summed E-state index contributed by atoms with van der Waals surface area (Å²) in [5.41, 5.74) is -0.0901. The number of halogens is 2. The van der Waals surface area contributed by atoms with Gasteiger partial charge in [0.15, 0.2) is 0 Å². The molecule has 0 amide bonds. The fourth-order valence-electron chi connectivity index (χ4n) is 2.24. The van der Waals surface area contributed by atoms with Gasteiger partial charge in [0.05, 0.1) is 0 Å². The van der Waals surface area contributed by atoms with Gasteiger partial charge in [-0.2, -0.15) is 11.8 Å². The first kappa shape index (κ1) is 13.5. The van der Waals surface area contributed by atoms with Crippen molar-refractivity contribution >= 4 is 17.5 Å². The van der Waals surface area contributed by atoms with E-state index >= 15 is 0 Å². The van der Waals surface area contributed by atoms with Gasteiger partial charge in [-0.25, -0.2) is 8.78 Å². The third-order valence-electron chi connectivity index (χ3n) is 3.29. The van der Waals surface area contributed by atoms with Crippen molar-refractivity contribution in [3.05, 3.63) is 35.4 Å². The highest BCUT2D eigenvalue weighted by Crippen LogP contribution is 2.26. The number of hydrogen-bond acceptors (Lipinski definition) is 2. The average Bonchev–Trinajstić information content (AvgIpc) is 2.35. The molecule has 1 aliphatic heterocycles. The van der Waals surface area contributed by atoms with Gasteiger partial charge in [-0.15, -0.1) is 0 Å². The summed E-state index contributed by atoms with van der Waals surface area (Å²) in [6, 6.07) is 3.71. The lowest BCUT2D eigenvalue weighted by atomic mass is 9.93. The number of benzene rings is 1. The highest BCUT2D eigenvalue weighted by Gasteiger charge is 2.19. The van der Waals surface area contributed by atoms with Gasteiger partial charge in [-0.05, 0) is 42.4 Å². The number of carbonyl (C=O) groups is 1. The van der Waals surface area contributed by atoms with Crippen LogP contribution in [-0.4, -0.2) is 17.3 Å². The van der Waals surface area contributed by atoms with Gasteiger partial charge in [0.1, 0.15) is 17.4 Å². The summed E-state index contributed by atoms with van der Waals surface area (Å²) >= 11 is 1.90. The van der Waals surface area contributed by atoms with Crippen molar-refractivity contribution in [2.45, 2.75) is 25.7 Å². The summed E-state index contributed by atoms with van der Waals surface area (Å²) in [6.07, 6.45) is 2.41. The van der Waals surface area contributed by atoms with E-state index in [1.807, 2.05) is 11.8 Å². The molecule has 0 unspecified atom stereocenters. The lowest BCUT2D eigenvalue weighted by Crippen LogP contribution is -2.16. The zero-order valence-electron chi connectivity index (χ0n) is 10.1. The second-order valence-electron chi connectivity index (χ2n) is 4.68. The zero-order chi connectivity index (χ0) is 13.0. The molecule has 2 rings (SSSR count). The second kappa shape index (κ2) is 6.32. The molecule has 1 nitrogen and oxygen atoms in total. The zero-order valence-corrected chi connectivity index (χ0v) is 10.9. The number of hydrogen-bond donors (Lipinski definition) is 0. The van der Waals surface area contributed by atoms with Crippen LogP contribution in [0.3, 0.4) is 0 Å². The Morgan fingerprint density at radius 1 is 1.22 bits per heavy atom. The molecule has 0 spiro atoms. The minimum absolute atomic E-state index is 0.0594. The molecule has 0 bridgehead atoms. The lowest BCUT2D eigenvalue weighted by molar-refractivity contribution is -0.119. The first-order valence-electron chi connectivity index (χ1n) is 6.19. The van der Waals surface area contributed by atoms with E-state index in [0.717, 1.165) is 24.3 Å². The van der Waals surface area contributed by atoms with Crippen LogP contribution in [0.25, 0.3) is 0 Å². The first-order chi connectivity index (χ1) is 8.66. The predicted molar refractivity (Wildman–Crippen MR) is 69.7 cm³/mol. The van der Waals surface area contributed by atoms with Crippen molar-refractivity contribution in [1.29, 1.82) is 0 Å². The molecule has 0 N–H and O–H groups in total. The Morgan fingerprint density at radius 3 is 2.44 bits per heavy atom. The van der Waals surface area contributed by atoms with E-state index in [-0.39, 0.29) is 17.8 Å². The molecule has 0 aromatic heterocycles. The SMILES string of the molecule is O=C(Cc1c(F)cccc1F)CC1CCSCC1. The lowest BCUT2D eigenvalue weighted by Gasteiger charge is -2.20. The van der Waals surface area contributed by atoms with Crippen molar-refractivity contribution in [3.63, 3.8) is 0 Å². The van der Waals surface area contributed by atoms with Crippen LogP contribution in [0.15, 0.2) is 18.2 Å². The molecule has 1 heterocycles. The molecule has 4 heteroatoms. The van der Waals surface area contributed by atoms with Crippen LogP contribution in [0.1, 0.15) is 24.8 Å². The van der Waals surface area contributed by atoms with Gasteiger partial charge in [0.2, 0.25) is 0 Å². The quantitative estimate of drug-likeness (QED) is 0.831. The Balaban J connectivity index is 1.94. The van der Waals surface area contributed by atoms with Gasteiger partial charge in [-0.3, -0.25) is 4.79 Å². The molecular weight excluding hydrogens is 254 g/mol. The highest BCUT2D eigenvalue weighted by molar-refractivity contribution is 7.99. The molecule has 1 aliphatic rings. The van der Waals surface area contributed by atoms with Crippen LogP contribution >= 0.6 is 11.8 Å². The Bertz CT molecular complexity index is 408. The number of rotatable bonds is 4. The molecule has 1 aromatic carbocycles. The molecule has 1 aromatic rings. The molecule has 1 saturated heterocycles. The van der Waals surface area contributed by atoms with Crippen LogP contribution < -0.4 is 0 Å². The number of carbonyl (C=O) groups excluding carboxylic acids is 1. The van der Waals surface area contributed by atoms with Gasteiger partial charge < -0.3 is 0 Å². The number of thioether (sulfide) groups is 1. The van der Waals surface area contributed by atoms with Gasteiger partial charge >= 0.3 is 0 Å². The number of Topliss-reactive ketones (excluding diaryl/α,β-unsaturated/α-hetero) is 1. The molecule has 0 aliphatic carbocycles. The van der Waals surface area contributed by atoms with Gasteiger partial charge in [-0.1, -0.05) is 6.07 Å². The standard InChI is InChI=1S/C14H16F2OS/c15-13-2-1-3-14(16)12(13)9-11(17)8-10-4-6-18-7-5-10/h1-3,10H,4-9H2. The van der Waals surface area contributed by atoms with Crippen molar-refractivity contribution in [1.82, 2.24) is 0 Å². The molecular formula is C14H16F2OS. The summed E-state index contributed by atoms with van der Waals surface area (Å²) in [5.74, 6) is 1.27. The molecule has 18 heavy (non-hydrogen) atoms. The van der Waals surface area contributed by atoms with Crippen LogP contribution in [0, 0.1) is 17.6 Å². The predicted octanol–water partition coefficient (Wildman–Crippen LogP) is 3.61. The minimum atomic E-state index is -0.623. The van der Waals surface area contributed by atoms with Crippen molar-refractivity contribution in [3.8, 4) is 0 Å². The maximum Gasteiger partial charge on any atom is 0.137 e. The van der Waals surface area contributed by atoms with Gasteiger partial charge in [0, 0.05) is 18.4 Å². The third kappa shape index (κ3) is 3.55. The monoisotopic (exact) mass is 270 g/mol. The fourth-order valence-corrected chi connectivity index (χ4v) is 3.45. The van der Waals surface area contributed by atoms with Gasteiger partial charge in [0.25, 0.3) is 0 Å². The van der Waals surface area contributed by atoms with Crippen molar-refractivity contribution < 1.29 is 13.6 Å². The van der Waals surface area contributed by atoms with E-state index in [2.05, 4.69) is 0 Å². The summed E-state index contributed by atoms with van der Waals surface area (Å²) in [5, 5.41) is 0. The molecule has 98 valence electrons. The molecule has 0 saturated carbocycles. The number of ketones is 1. The summed E-state index contributed by atoms with van der Waals surface area (Å²) < 4.78 is 26.8. The second-order valence-corrected chi connectivity index (χ2v) is 5.90. The van der Waals surface area contributed by atoms with Crippen LogP contribution in [0.5, 0.6) is 0 Å². The van der Waals surface area contributed by atoms with Crippen LogP contribution in [0.4, 0.5) is 8.78 Å². The Hall–Kier alpha value is -0.900. The first-order valence-corrected chi connectivity index (χ1v) is 7.34. The van der Waals surface area contributed by atoms with E-state index in [4.69, 9.17) is 0 Å². The Labute approximate surface area is 110 Å². The Kier molecular flexibility index (Phi) is 4.75. The molecule has 0 radical (unpaired) electrons. The van der Waals surface area contributed by atoms with E-state index in [1.165, 1.54) is 18.2 Å². The smallest absolute Gasteiger partial charge is 0.137 e. The van der Waals surface area contributed by atoms with Crippen molar-refractivity contribution in [2.24, 2.45) is 5.92 Å². The summed E-state index contributed by atoms with van der Waals surface area (Å²) in [4.78, 5) is 11.8. The maximum atomic E-state index is 13.4. The fraction of sp³-hybridized carbons (Fsp3) is 0.500. The average molecular weight is 270 g/mol. The van der Waals surface area contributed by atoms with E-state index < -0.39 is 11.6 Å². The van der Waals surface area contributed by atoms with E-state index in [9.17, 15) is 13.6 Å². The minimum Gasteiger partial charge on any atom is -0.299 e. The molecule has 1 fully saturated rings. The van der Waals surface area contributed by atoms with Crippen molar-refractivity contribution in [2.75, 3.05) is 11.5 Å². The van der Waals surface area contributed by atoms with Crippen LogP contribution in [-0.2, 0) is 11.2 Å². The summed E-state index contributed by atoms with van der Waals surface area (Å²) in [7, 11) is 0. The molecule has 0 atom stereocenters. The normalized spacial score (nSPS) is 16.8. The summed E-state index contributed by atoms with van der Waals surface area (Å²) in [6.45, 7) is 0. The third-order valence-corrected chi connectivity index (χ3v) is 4.34. The highest BCUT2D eigenvalue weighted by atomic mass is 32.2. The maximum absolute atomic E-state index is 13.4. The largest absolute Gasteiger partial charge is 0.299 e. The Morgan fingerprint density at radius 2 is 1.83 bits per heavy atom. The topological polar surface area (TPSA) is 17.1 Å².